The number of amides is 1. The molecule has 1 amide bonds. The first-order valence-corrected chi connectivity index (χ1v) is 11.0. The Balaban J connectivity index is 1.59. The minimum atomic E-state index is -3.10. The van der Waals surface area contributed by atoms with Gasteiger partial charge in [-0.1, -0.05) is 0 Å². The number of rotatable bonds is 6. The maximum atomic E-state index is 12.7. The number of carbonyl (C=O) groups is 1. The van der Waals surface area contributed by atoms with Crippen LogP contribution < -0.4 is 5.32 Å². The molecule has 25 heavy (non-hydrogen) atoms. The normalized spacial score (nSPS) is 33.1. The molecule has 0 saturated carbocycles. The Hall–Kier alpha value is -0.700. The predicted octanol–water partition coefficient (Wildman–Crippen LogP) is -0.0893. The van der Waals surface area contributed by atoms with Gasteiger partial charge in [-0.05, 0) is 25.2 Å². The minimum absolute atomic E-state index is 0.0324. The fourth-order valence-electron chi connectivity index (χ4n) is 4.36. The number of fused-ring (bicyclic) bond motifs is 1. The number of carbonyl (C=O) groups excluding carboxylic acids is 1. The standard InChI is InChI=1S/C17H30N2O5S/c1-23-8-5-19-11-15-14(4-9-25(21,22)16(15)12-19)17(20)18-10-13-2-6-24-7-3-13/h13-16H,2-12H2,1H3,(H,18,20)/t14-,15-,16-/m1/s1. The van der Waals surface area contributed by atoms with Crippen molar-refractivity contribution < 1.29 is 22.7 Å². The zero-order valence-corrected chi connectivity index (χ0v) is 15.8. The Morgan fingerprint density at radius 3 is 2.72 bits per heavy atom. The molecule has 0 radical (unpaired) electrons. The second kappa shape index (κ2) is 8.33. The van der Waals surface area contributed by atoms with Crippen LogP contribution in [-0.2, 0) is 24.1 Å². The van der Waals surface area contributed by atoms with E-state index >= 15 is 0 Å². The molecule has 1 N–H and O–H groups in total. The molecule has 3 heterocycles. The lowest BCUT2D eigenvalue weighted by Gasteiger charge is -2.32. The minimum Gasteiger partial charge on any atom is -0.383 e. The van der Waals surface area contributed by atoms with Gasteiger partial charge in [-0.3, -0.25) is 9.69 Å². The largest absolute Gasteiger partial charge is 0.383 e. The molecule has 0 spiro atoms. The van der Waals surface area contributed by atoms with E-state index in [1.807, 2.05) is 0 Å². The van der Waals surface area contributed by atoms with E-state index < -0.39 is 15.1 Å². The second-order valence-electron chi connectivity index (χ2n) is 7.52. The van der Waals surface area contributed by atoms with Crippen molar-refractivity contribution in [3.8, 4) is 0 Å². The summed E-state index contributed by atoms with van der Waals surface area (Å²) < 4.78 is 35.4. The first kappa shape index (κ1) is 19.1. The molecule has 3 aliphatic heterocycles. The molecule has 3 rings (SSSR count). The van der Waals surface area contributed by atoms with Crippen molar-refractivity contribution in [2.45, 2.75) is 24.5 Å². The first-order chi connectivity index (χ1) is 12.0. The summed E-state index contributed by atoms with van der Waals surface area (Å²) in [6.07, 6.45) is 2.41. The van der Waals surface area contributed by atoms with Crippen LogP contribution in [0, 0.1) is 17.8 Å². The number of methoxy groups -OCH3 is 1. The lowest BCUT2D eigenvalue weighted by molar-refractivity contribution is -0.127. The van der Waals surface area contributed by atoms with Gasteiger partial charge in [-0.25, -0.2) is 8.42 Å². The molecule has 8 heteroatoms. The second-order valence-corrected chi connectivity index (χ2v) is 9.86. The monoisotopic (exact) mass is 374 g/mol. The molecule has 0 unspecified atom stereocenters. The van der Waals surface area contributed by atoms with Gasteiger partial charge in [-0.15, -0.1) is 0 Å². The van der Waals surface area contributed by atoms with Crippen molar-refractivity contribution in [3.63, 3.8) is 0 Å². The molecular formula is C17H30N2O5S. The number of nitrogens with one attached hydrogen (secondary N) is 1. The molecule has 3 saturated heterocycles. The quantitative estimate of drug-likeness (QED) is 0.700. The third-order valence-corrected chi connectivity index (χ3v) is 8.16. The van der Waals surface area contributed by atoms with Crippen molar-refractivity contribution >= 4 is 15.7 Å². The molecule has 3 atom stereocenters. The van der Waals surface area contributed by atoms with E-state index in [0.717, 1.165) is 32.6 Å². The fourth-order valence-corrected chi connectivity index (χ4v) is 6.49. The Labute approximate surface area is 150 Å². The van der Waals surface area contributed by atoms with Crippen LogP contribution in [0.1, 0.15) is 19.3 Å². The number of hydrogen-bond donors (Lipinski definition) is 1. The lowest BCUT2D eigenvalue weighted by Crippen LogP contribution is -2.48. The molecule has 144 valence electrons. The van der Waals surface area contributed by atoms with Crippen LogP contribution in [0.3, 0.4) is 0 Å². The third kappa shape index (κ3) is 4.53. The maximum absolute atomic E-state index is 12.7. The van der Waals surface area contributed by atoms with Gasteiger partial charge in [0.1, 0.15) is 0 Å². The van der Waals surface area contributed by atoms with Crippen molar-refractivity contribution in [1.82, 2.24) is 10.2 Å². The highest BCUT2D eigenvalue weighted by Crippen LogP contribution is 2.37. The Morgan fingerprint density at radius 2 is 2.00 bits per heavy atom. The molecule has 0 aromatic heterocycles. The first-order valence-electron chi connectivity index (χ1n) is 9.29. The van der Waals surface area contributed by atoms with Gasteiger partial charge >= 0.3 is 0 Å². The average Bonchev–Trinajstić information content (AvgIpc) is 3.04. The predicted molar refractivity (Wildman–Crippen MR) is 94.0 cm³/mol. The number of ether oxygens (including phenoxy) is 2. The number of hydrogen-bond acceptors (Lipinski definition) is 6. The van der Waals surface area contributed by atoms with Crippen molar-refractivity contribution in [3.05, 3.63) is 0 Å². The summed E-state index contributed by atoms with van der Waals surface area (Å²) >= 11 is 0. The van der Waals surface area contributed by atoms with Gasteiger partial charge < -0.3 is 14.8 Å². The van der Waals surface area contributed by atoms with Crippen molar-refractivity contribution in [2.24, 2.45) is 17.8 Å². The summed E-state index contributed by atoms with van der Waals surface area (Å²) in [5, 5.41) is 2.68. The summed E-state index contributed by atoms with van der Waals surface area (Å²) in [6.45, 7) is 4.71. The van der Waals surface area contributed by atoms with Gasteiger partial charge in [0.15, 0.2) is 9.84 Å². The lowest BCUT2D eigenvalue weighted by atomic mass is 9.87. The Bertz CT molecular complexity index is 561. The molecule has 0 bridgehead atoms. The van der Waals surface area contributed by atoms with E-state index in [2.05, 4.69) is 10.2 Å². The van der Waals surface area contributed by atoms with Gasteiger partial charge in [0.2, 0.25) is 5.91 Å². The molecule has 0 aromatic rings. The molecular weight excluding hydrogens is 344 g/mol. The third-order valence-electron chi connectivity index (χ3n) is 5.93. The SMILES string of the molecule is COCCN1C[C@H]2[C@@H](C1)S(=O)(=O)CC[C@H]2C(=O)NCC1CCOCC1. The van der Waals surface area contributed by atoms with Gasteiger partial charge in [0.25, 0.3) is 0 Å². The highest BCUT2D eigenvalue weighted by Gasteiger charge is 2.50. The fraction of sp³-hybridized carbons (Fsp3) is 0.941. The van der Waals surface area contributed by atoms with Crippen LogP contribution in [0.15, 0.2) is 0 Å². The average molecular weight is 375 g/mol. The van der Waals surface area contributed by atoms with Crippen LogP contribution >= 0.6 is 0 Å². The number of sulfone groups is 1. The highest BCUT2D eigenvalue weighted by molar-refractivity contribution is 7.92. The molecule has 0 aromatic carbocycles. The highest BCUT2D eigenvalue weighted by atomic mass is 32.2. The summed E-state index contributed by atoms with van der Waals surface area (Å²) in [5.74, 6) is 0.348. The Morgan fingerprint density at radius 1 is 1.24 bits per heavy atom. The van der Waals surface area contributed by atoms with Gasteiger partial charge in [-0.2, -0.15) is 0 Å². The summed E-state index contributed by atoms with van der Waals surface area (Å²) in [6, 6.07) is 0. The zero-order valence-electron chi connectivity index (χ0n) is 15.0. The maximum Gasteiger partial charge on any atom is 0.223 e. The van der Waals surface area contributed by atoms with Crippen LogP contribution in [0.4, 0.5) is 0 Å². The van der Waals surface area contributed by atoms with Gasteiger partial charge in [0, 0.05) is 58.3 Å². The molecule has 7 nitrogen and oxygen atoms in total. The molecule has 0 aliphatic carbocycles. The van der Waals surface area contributed by atoms with E-state index in [4.69, 9.17) is 9.47 Å². The number of likely N-dealkylation sites (tertiary alicyclic amines) is 1. The van der Waals surface area contributed by atoms with E-state index in [-0.39, 0.29) is 23.5 Å². The van der Waals surface area contributed by atoms with Gasteiger partial charge in [0.05, 0.1) is 17.6 Å². The molecule has 3 aliphatic rings. The van der Waals surface area contributed by atoms with Crippen molar-refractivity contribution in [1.29, 1.82) is 0 Å². The zero-order chi connectivity index (χ0) is 17.9. The summed E-state index contributed by atoms with van der Waals surface area (Å²) in [7, 11) is -1.45. The van der Waals surface area contributed by atoms with E-state index in [1.165, 1.54) is 0 Å². The van der Waals surface area contributed by atoms with Crippen LogP contribution in [-0.4, -0.2) is 83.3 Å². The Kier molecular flexibility index (Phi) is 6.35. The van der Waals surface area contributed by atoms with Crippen LogP contribution in [0.5, 0.6) is 0 Å². The van der Waals surface area contributed by atoms with E-state index in [0.29, 0.717) is 38.6 Å². The van der Waals surface area contributed by atoms with E-state index in [1.54, 1.807) is 7.11 Å². The van der Waals surface area contributed by atoms with Crippen LogP contribution in [0.25, 0.3) is 0 Å². The van der Waals surface area contributed by atoms with E-state index in [9.17, 15) is 13.2 Å². The smallest absolute Gasteiger partial charge is 0.223 e. The molecule has 3 fully saturated rings. The number of nitrogens with zero attached hydrogens (tertiary/aromatic N) is 1. The van der Waals surface area contributed by atoms with Crippen LogP contribution in [0.2, 0.25) is 0 Å². The van der Waals surface area contributed by atoms with Crippen molar-refractivity contribution in [2.75, 3.05) is 58.9 Å². The summed E-state index contributed by atoms with van der Waals surface area (Å²) in [4.78, 5) is 14.9. The topological polar surface area (TPSA) is 84.9 Å². The summed E-state index contributed by atoms with van der Waals surface area (Å²) in [5.41, 5.74) is 0.